The van der Waals surface area contributed by atoms with Crippen LogP contribution in [0.15, 0.2) is 21.7 Å². The molecular weight excluding hydrogens is 306 g/mol. The van der Waals surface area contributed by atoms with Crippen LogP contribution in [0, 0.1) is 5.92 Å². The van der Waals surface area contributed by atoms with E-state index >= 15 is 0 Å². The Morgan fingerprint density at radius 2 is 2.12 bits per heavy atom. The van der Waals surface area contributed by atoms with Crippen molar-refractivity contribution in [1.82, 2.24) is 9.91 Å². The minimum atomic E-state index is -0.0606. The maximum absolute atomic E-state index is 12.9. The van der Waals surface area contributed by atoms with Crippen LogP contribution in [0.25, 0.3) is 0 Å². The van der Waals surface area contributed by atoms with Gasteiger partial charge < -0.3 is 9.32 Å². The second-order valence-corrected chi connectivity index (χ2v) is 7.25. The Bertz CT molecular complexity index is 704. The molecule has 0 aromatic carbocycles. The molecule has 0 spiro atoms. The summed E-state index contributed by atoms with van der Waals surface area (Å²) in [5.41, 5.74) is 0.478. The van der Waals surface area contributed by atoms with E-state index in [1.807, 2.05) is 17.0 Å². The third kappa shape index (κ3) is 2.97. The molecule has 24 heavy (non-hydrogen) atoms. The summed E-state index contributed by atoms with van der Waals surface area (Å²) >= 11 is 0. The zero-order valence-electron chi connectivity index (χ0n) is 14.2. The maximum Gasteiger partial charge on any atom is 0.270 e. The quantitative estimate of drug-likeness (QED) is 0.833. The zero-order valence-corrected chi connectivity index (χ0v) is 14.2. The van der Waals surface area contributed by atoms with Crippen LogP contribution < -0.4 is 0 Å². The number of carbonyl (C=O) groups is 2. The van der Waals surface area contributed by atoms with Gasteiger partial charge in [-0.3, -0.25) is 9.59 Å². The Morgan fingerprint density at radius 1 is 1.38 bits per heavy atom. The van der Waals surface area contributed by atoms with E-state index < -0.39 is 0 Å². The Kier molecular flexibility index (Phi) is 3.70. The molecule has 1 aliphatic heterocycles. The predicted octanol–water partition coefficient (Wildman–Crippen LogP) is 2.50. The molecule has 2 fully saturated rings. The highest BCUT2D eigenvalue weighted by Crippen LogP contribution is 2.47. The van der Waals surface area contributed by atoms with E-state index in [2.05, 4.69) is 12.0 Å². The molecule has 3 aliphatic rings. The summed E-state index contributed by atoms with van der Waals surface area (Å²) in [6, 6.07) is 4.31. The fraction of sp³-hybridized carbons (Fsp3) is 0.611. The van der Waals surface area contributed by atoms with Gasteiger partial charge in [0, 0.05) is 31.8 Å². The zero-order chi connectivity index (χ0) is 16.8. The number of hydrogen-bond acceptors (Lipinski definition) is 4. The molecular formula is C18H23N3O3. The third-order valence-corrected chi connectivity index (χ3v) is 5.19. The summed E-state index contributed by atoms with van der Waals surface area (Å²) in [6.45, 7) is 2.72. The van der Waals surface area contributed by atoms with Crippen molar-refractivity contribution in [3.8, 4) is 0 Å². The van der Waals surface area contributed by atoms with Gasteiger partial charge in [-0.15, -0.1) is 0 Å². The highest BCUT2D eigenvalue weighted by atomic mass is 16.3. The molecule has 4 rings (SSSR count). The number of rotatable bonds is 5. The number of hydrazone groups is 1. The van der Waals surface area contributed by atoms with Crippen molar-refractivity contribution in [1.29, 1.82) is 0 Å². The van der Waals surface area contributed by atoms with Gasteiger partial charge in [-0.05, 0) is 37.3 Å². The lowest BCUT2D eigenvalue weighted by atomic mass is 10.1. The molecule has 0 unspecified atom stereocenters. The standard InChI is InChI=1S/C18H23N3O3/c1-11-9-14(11)16-7-5-13(24-16)10-21(12-3-4-12)18(23)15-6-8-17(22)20(2)19-15/h5,7,11-12,14H,3-4,6,8-10H2,1-2H3/t11-,14-/m0/s1. The summed E-state index contributed by atoms with van der Waals surface area (Å²) in [5, 5.41) is 5.45. The van der Waals surface area contributed by atoms with E-state index in [0.29, 0.717) is 36.9 Å². The van der Waals surface area contributed by atoms with Crippen LogP contribution in [0.3, 0.4) is 0 Å². The summed E-state index contributed by atoms with van der Waals surface area (Å²) < 4.78 is 5.96. The lowest BCUT2D eigenvalue weighted by molar-refractivity contribution is -0.131. The van der Waals surface area contributed by atoms with Gasteiger partial charge in [0.05, 0.1) is 6.54 Å². The molecule has 2 amide bonds. The third-order valence-electron chi connectivity index (χ3n) is 5.19. The molecule has 1 aromatic rings. The van der Waals surface area contributed by atoms with Crippen LogP contribution >= 0.6 is 0 Å². The molecule has 0 saturated heterocycles. The number of carbonyl (C=O) groups excluding carboxylic acids is 2. The first-order valence-corrected chi connectivity index (χ1v) is 8.76. The van der Waals surface area contributed by atoms with Gasteiger partial charge in [-0.2, -0.15) is 5.10 Å². The average Bonchev–Trinajstić information content (AvgIpc) is 3.48. The van der Waals surface area contributed by atoms with Gasteiger partial charge in [-0.1, -0.05) is 6.92 Å². The fourth-order valence-electron chi connectivity index (χ4n) is 3.31. The minimum absolute atomic E-state index is 0.0428. The smallest absolute Gasteiger partial charge is 0.270 e. The molecule has 2 saturated carbocycles. The van der Waals surface area contributed by atoms with Crippen molar-refractivity contribution in [3.05, 3.63) is 23.7 Å². The van der Waals surface area contributed by atoms with E-state index in [1.54, 1.807) is 7.05 Å². The molecule has 2 aliphatic carbocycles. The van der Waals surface area contributed by atoms with Gasteiger partial charge in [0.1, 0.15) is 17.2 Å². The van der Waals surface area contributed by atoms with Gasteiger partial charge in [0.2, 0.25) is 5.91 Å². The van der Waals surface area contributed by atoms with Crippen molar-refractivity contribution in [2.75, 3.05) is 7.05 Å². The molecule has 0 radical (unpaired) electrons. The first-order valence-electron chi connectivity index (χ1n) is 8.76. The molecule has 0 bridgehead atoms. The van der Waals surface area contributed by atoms with Gasteiger partial charge >= 0.3 is 0 Å². The largest absolute Gasteiger partial charge is 0.464 e. The Hall–Kier alpha value is -2.11. The van der Waals surface area contributed by atoms with E-state index in [-0.39, 0.29) is 17.9 Å². The summed E-state index contributed by atoms with van der Waals surface area (Å²) in [6.07, 6.45) is 4.02. The fourth-order valence-corrected chi connectivity index (χ4v) is 3.31. The van der Waals surface area contributed by atoms with Crippen molar-refractivity contribution < 1.29 is 14.0 Å². The number of hydrogen-bond donors (Lipinski definition) is 0. The highest BCUT2D eigenvalue weighted by Gasteiger charge is 2.38. The molecule has 2 atom stereocenters. The van der Waals surface area contributed by atoms with Crippen LogP contribution in [-0.2, 0) is 16.1 Å². The van der Waals surface area contributed by atoms with Crippen LogP contribution in [0.2, 0.25) is 0 Å². The number of furan rings is 1. The first kappa shape index (κ1) is 15.4. The second kappa shape index (κ2) is 5.76. The molecule has 128 valence electrons. The van der Waals surface area contributed by atoms with Crippen LogP contribution in [0.5, 0.6) is 0 Å². The average molecular weight is 329 g/mol. The summed E-state index contributed by atoms with van der Waals surface area (Å²) in [4.78, 5) is 26.3. The van der Waals surface area contributed by atoms with E-state index in [4.69, 9.17) is 4.42 Å². The number of nitrogens with zero attached hydrogens (tertiary/aromatic N) is 3. The van der Waals surface area contributed by atoms with Gasteiger partial charge in [0.15, 0.2) is 0 Å². The van der Waals surface area contributed by atoms with E-state index in [0.717, 1.165) is 24.4 Å². The van der Waals surface area contributed by atoms with Crippen LogP contribution in [-0.4, -0.2) is 40.5 Å². The second-order valence-electron chi connectivity index (χ2n) is 7.25. The first-order chi connectivity index (χ1) is 11.5. The lowest BCUT2D eigenvalue weighted by Crippen LogP contribution is -2.41. The van der Waals surface area contributed by atoms with Crippen LogP contribution in [0.1, 0.15) is 56.5 Å². The topological polar surface area (TPSA) is 66.1 Å². The van der Waals surface area contributed by atoms with Gasteiger partial charge in [-0.25, -0.2) is 5.01 Å². The molecule has 6 nitrogen and oxygen atoms in total. The van der Waals surface area contributed by atoms with Crippen molar-refractivity contribution >= 4 is 17.5 Å². The summed E-state index contributed by atoms with van der Waals surface area (Å²) in [7, 11) is 1.60. The maximum atomic E-state index is 12.9. The SMILES string of the molecule is C[C@H]1C[C@@H]1c1ccc(CN(C(=O)C2=NN(C)C(=O)CC2)C2CC2)o1. The molecule has 6 heteroatoms. The Morgan fingerprint density at radius 3 is 2.75 bits per heavy atom. The van der Waals surface area contributed by atoms with E-state index in [9.17, 15) is 9.59 Å². The Balaban J connectivity index is 1.48. The van der Waals surface area contributed by atoms with Crippen molar-refractivity contribution in [2.24, 2.45) is 11.0 Å². The highest BCUT2D eigenvalue weighted by molar-refractivity contribution is 6.39. The van der Waals surface area contributed by atoms with Crippen molar-refractivity contribution in [2.45, 2.75) is 57.5 Å². The monoisotopic (exact) mass is 329 g/mol. The minimum Gasteiger partial charge on any atom is -0.464 e. The number of amides is 2. The lowest BCUT2D eigenvalue weighted by Gasteiger charge is -2.25. The molecule has 1 aromatic heterocycles. The van der Waals surface area contributed by atoms with Gasteiger partial charge in [0.25, 0.3) is 5.91 Å². The molecule has 0 N–H and O–H groups in total. The molecule has 2 heterocycles. The van der Waals surface area contributed by atoms with E-state index in [1.165, 1.54) is 11.4 Å². The van der Waals surface area contributed by atoms with Crippen LogP contribution in [0.4, 0.5) is 0 Å². The normalized spacial score (nSPS) is 26.3. The predicted molar refractivity (Wildman–Crippen MR) is 88.2 cm³/mol. The Labute approximate surface area is 141 Å². The summed E-state index contributed by atoms with van der Waals surface area (Å²) in [5.74, 6) is 3.03. The van der Waals surface area contributed by atoms with Crippen molar-refractivity contribution in [3.63, 3.8) is 0 Å².